The minimum atomic E-state index is -0.955. The summed E-state index contributed by atoms with van der Waals surface area (Å²) in [6.07, 6.45) is 4.00. The average Bonchev–Trinajstić information content (AvgIpc) is 4.11. The molecule has 65 heavy (non-hydrogen) atoms. The predicted molar refractivity (Wildman–Crippen MR) is 239 cm³/mol. The van der Waals surface area contributed by atoms with Crippen molar-refractivity contribution in [3.05, 3.63) is 65.5 Å². The van der Waals surface area contributed by atoms with Crippen molar-refractivity contribution in [2.24, 2.45) is 35.5 Å². The minimum absolute atomic E-state index is 0.0740. The number of carbonyl (C=O) groups excluding carboxylic acids is 1. The summed E-state index contributed by atoms with van der Waals surface area (Å²) >= 11 is 0. The van der Waals surface area contributed by atoms with Crippen LogP contribution in [0.4, 0.5) is 4.39 Å². The third kappa shape index (κ3) is 9.41. The van der Waals surface area contributed by atoms with E-state index in [9.17, 15) is 9.18 Å². The molecular weight excluding hydrogens is 836 g/mol. The summed E-state index contributed by atoms with van der Waals surface area (Å²) in [5, 5.41) is 0. The number of benzene rings is 2. The molecule has 0 amide bonds. The van der Waals surface area contributed by atoms with Crippen LogP contribution in [0.5, 0.6) is 5.75 Å². The third-order valence-electron chi connectivity index (χ3n) is 16.5. The maximum Gasteiger partial charge on any atom is 0.311 e. The first-order valence-corrected chi connectivity index (χ1v) is 24.3. The number of ether oxygens (including phenoxy) is 11. The number of carbonyl (C=O) groups is 1. The van der Waals surface area contributed by atoms with Gasteiger partial charge in [0, 0.05) is 43.3 Å². The van der Waals surface area contributed by atoms with Crippen LogP contribution >= 0.6 is 0 Å². The average molecular weight is 911 g/mol. The topological polar surface area (TPSA) is 119 Å². The van der Waals surface area contributed by atoms with Crippen molar-refractivity contribution in [2.45, 2.75) is 185 Å². The predicted octanol–water partition coefficient (Wildman–Crippen LogP) is 9.49. The van der Waals surface area contributed by atoms with Crippen LogP contribution in [-0.4, -0.2) is 99.4 Å². The third-order valence-corrected chi connectivity index (χ3v) is 16.5. The standard InChI is InChI=1S/C52H75FO12/c1-12-50(46-31(3)26-40(60-46)43-30(2)25-32(4)52(63-43)29-59-48(64-52)37-15-19-39(55-9)20-16-37)22-21-42(61-50)49(8)23-24-51(65-49)27-41(58-28-36-13-17-38(53)18-14-36)33(5)45(62-51)34(6)44(56-10)35(7)47(54)57-11/h13-20,30-35,40-46,48H,12,21-29H2,1-11H3/t30-,31-,32+,33+,34-,35-,40+,41-,42+,43-,44+,45-,46+,48?,49-,50-,51+,52+/m0/s1. The zero-order valence-electron chi connectivity index (χ0n) is 40.5. The Kier molecular flexibility index (Phi) is 14.5. The molecule has 0 saturated carbocycles. The second-order valence-electron chi connectivity index (χ2n) is 20.7. The van der Waals surface area contributed by atoms with Gasteiger partial charge in [-0.25, -0.2) is 4.39 Å². The van der Waals surface area contributed by atoms with Crippen molar-refractivity contribution < 1.29 is 61.3 Å². The molecule has 18 atom stereocenters. The summed E-state index contributed by atoms with van der Waals surface area (Å²) in [5.74, 6) is -1.81. The first-order valence-electron chi connectivity index (χ1n) is 24.3. The van der Waals surface area contributed by atoms with Crippen LogP contribution in [0.25, 0.3) is 0 Å². The Morgan fingerprint density at radius 3 is 2.31 bits per heavy atom. The zero-order valence-corrected chi connectivity index (χ0v) is 40.5. The second-order valence-corrected chi connectivity index (χ2v) is 20.7. The lowest BCUT2D eigenvalue weighted by Crippen LogP contribution is -2.57. The van der Waals surface area contributed by atoms with Crippen LogP contribution in [0.3, 0.4) is 0 Å². The number of hydrogen-bond donors (Lipinski definition) is 0. The molecule has 13 heteroatoms. The molecule has 1 unspecified atom stereocenters. The van der Waals surface area contributed by atoms with Crippen molar-refractivity contribution >= 4 is 5.97 Å². The number of methoxy groups -OCH3 is 3. The molecule has 8 rings (SSSR count). The van der Waals surface area contributed by atoms with Crippen LogP contribution in [0, 0.1) is 41.3 Å². The summed E-state index contributed by atoms with van der Waals surface area (Å²) in [4.78, 5) is 12.8. The minimum Gasteiger partial charge on any atom is -0.497 e. The summed E-state index contributed by atoms with van der Waals surface area (Å²) in [5.41, 5.74) is 0.680. The molecule has 0 aliphatic carbocycles. The smallest absolute Gasteiger partial charge is 0.311 e. The Bertz CT molecular complexity index is 1920. The van der Waals surface area contributed by atoms with Crippen LogP contribution in [0.2, 0.25) is 0 Å². The molecule has 6 aliphatic heterocycles. The Morgan fingerprint density at radius 2 is 1.63 bits per heavy atom. The highest BCUT2D eigenvalue weighted by molar-refractivity contribution is 5.72. The Balaban J connectivity index is 0.965. The molecule has 6 fully saturated rings. The SMILES string of the molecule is CC[C@@]1([C@@H]2O[C@@H]([C@H]3O[C@@]4(COC(c5ccc(OC)cc5)O4)[C@H](C)C[C@@H]3C)C[C@@H]2C)CC[C@H]([C@]2(C)CC[C@]3(C[C@H](OCc4ccc(F)cc4)[C@@H](C)[C@@H]([C@@H](C)[C@@H](OC)[C@H](C)C(=O)OC)O3)O2)O1. The first-order chi connectivity index (χ1) is 31.0. The van der Waals surface area contributed by atoms with Crippen LogP contribution in [0.15, 0.2) is 48.5 Å². The number of hydrogen-bond acceptors (Lipinski definition) is 12. The maximum absolute atomic E-state index is 13.8. The van der Waals surface area contributed by atoms with Gasteiger partial charge in [0.1, 0.15) is 18.2 Å². The van der Waals surface area contributed by atoms with Gasteiger partial charge in [0.2, 0.25) is 0 Å². The summed E-state index contributed by atoms with van der Waals surface area (Å²) in [6.45, 7) is 17.8. The fourth-order valence-electron chi connectivity index (χ4n) is 12.6. The molecule has 12 nitrogen and oxygen atoms in total. The second kappa shape index (κ2) is 19.3. The molecule has 6 saturated heterocycles. The number of rotatable bonds is 14. The highest BCUT2D eigenvalue weighted by atomic mass is 19.1. The molecule has 6 aliphatic rings. The largest absolute Gasteiger partial charge is 0.497 e. The number of esters is 1. The molecule has 0 N–H and O–H groups in total. The van der Waals surface area contributed by atoms with Gasteiger partial charge in [0.05, 0.1) is 80.7 Å². The molecule has 0 aromatic heterocycles. The first kappa shape index (κ1) is 48.7. The van der Waals surface area contributed by atoms with Gasteiger partial charge >= 0.3 is 5.97 Å². The molecule has 362 valence electrons. The molecule has 0 radical (unpaired) electrons. The highest BCUT2D eigenvalue weighted by Gasteiger charge is 2.63. The maximum atomic E-state index is 13.8. The van der Waals surface area contributed by atoms with Crippen LogP contribution in [-0.2, 0) is 58.8 Å². The van der Waals surface area contributed by atoms with Gasteiger partial charge in [-0.05, 0) is 94.0 Å². The lowest BCUT2D eigenvalue weighted by molar-refractivity contribution is -0.339. The quantitative estimate of drug-likeness (QED) is 0.168. The van der Waals surface area contributed by atoms with Gasteiger partial charge < -0.3 is 52.1 Å². The highest BCUT2D eigenvalue weighted by Crippen LogP contribution is 2.56. The van der Waals surface area contributed by atoms with Gasteiger partial charge in [-0.2, -0.15) is 0 Å². The van der Waals surface area contributed by atoms with Gasteiger partial charge in [0.25, 0.3) is 0 Å². The zero-order chi connectivity index (χ0) is 46.5. The number of halogens is 1. The van der Waals surface area contributed by atoms with Gasteiger partial charge in [-0.1, -0.05) is 65.8 Å². The van der Waals surface area contributed by atoms with Gasteiger partial charge in [0.15, 0.2) is 17.9 Å². The Hall–Kier alpha value is -2.72. The van der Waals surface area contributed by atoms with Crippen molar-refractivity contribution in [3.8, 4) is 5.75 Å². The summed E-state index contributed by atoms with van der Waals surface area (Å²) in [6, 6.07) is 14.2. The summed E-state index contributed by atoms with van der Waals surface area (Å²) < 4.78 is 86.1. The normalized spacial score (nSPS) is 42.1. The van der Waals surface area contributed by atoms with Crippen LogP contribution in [0.1, 0.15) is 124 Å². The molecular formula is C52H75FO12. The monoisotopic (exact) mass is 911 g/mol. The van der Waals surface area contributed by atoms with E-state index in [4.69, 9.17) is 52.1 Å². The van der Waals surface area contributed by atoms with Crippen molar-refractivity contribution in [2.75, 3.05) is 27.9 Å². The van der Waals surface area contributed by atoms with Gasteiger partial charge in [-0.15, -0.1) is 0 Å². The Morgan fingerprint density at radius 1 is 0.892 bits per heavy atom. The van der Waals surface area contributed by atoms with Crippen molar-refractivity contribution in [1.82, 2.24) is 0 Å². The molecule has 2 spiro atoms. The van der Waals surface area contributed by atoms with E-state index in [-0.39, 0.29) is 78.0 Å². The van der Waals surface area contributed by atoms with E-state index in [1.807, 2.05) is 31.2 Å². The van der Waals surface area contributed by atoms with Crippen molar-refractivity contribution in [1.29, 1.82) is 0 Å². The van der Waals surface area contributed by atoms with E-state index >= 15 is 0 Å². The fraction of sp³-hybridized carbons (Fsp3) is 0.750. The molecule has 6 heterocycles. The van der Waals surface area contributed by atoms with E-state index in [0.29, 0.717) is 26.1 Å². The summed E-state index contributed by atoms with van der Waals surface area (Å²) in [7, 11) is 4.68. The molecule has 2 aromatic carbocycles. The molecule has 2 aromatic rings. The van der Waals surface area contributed by atoms with E-state index in [1.165, 1.54) is 19.2 Å². The van der Waals surface area contributed by atoms with E-state index in [2.05, 4.69) is 48.5 Å². The lowest BCUT2D eigenvalue weighted by Gasteiger charge is -2.50. The van der Waals surface area contributed by atoms with Gasteiger partial charge in [-0.3, -0.25) is 4.79 Å². The van der Waals surface area contributed by atoms with Crippen molar-refractivity contribution in [3.63, 3.8) is 0 Å². The van der Waals surface area contributed by atoms with Crippen LogP contribution < -0.4 is 4.74 Å². The Labute approximate surface area is 386 Å². The molecule has 0 bridgehead atoms. The van der Waals surface area contributed by atoms with E-state index in [0.717, 1.165) is 55.4 Å². The van der Waals surface area contributed by atoms with E-state index < -0.39 is 41.1 Å². The lowest BCUT2D eigenvalue weighted by atomic mass is 9.78. The van der Waals surface area contributed by atoms with E-state index in [1.54, 1.807) is 26.4 Å². The fourth-order valence-corrected chi connectivity index (χ4v) is 12.6.